The van der Waals surface area contributed by atoms with E-state index in [2.05, 4.69) is 0 Å². The molecule has 0 saturated carbocycles. The van der Waals surface area contributed by atoms with Gasteiger partial charge in [-0.2, -0.15) is 0 Å². The Balaban J connectivity index is 0.000000980. The van der Waals surface area contributed by atoms with E-state index in [4.69, 9.17) is 0 Å². The van der Waals surface area contributed by atoms with Crippen molar-refractivity contribution in [1.82, 2.24) is 0 Å². The van der Waals surface area contributed by atoms with Crippen molar-refractivity contribution in [3.63, 3.8) is 0 Å². The van der Waals surface area contributed by atoms with Gasteiger partial charge in [-0.3, -0.25) is 4.79 Å². The summed E-state index contributed by atoms with van der Waals surface area (Å²) < 4.78 is 0. The molecular formula is C11H11KO2. The molecule has 2 rings (SSSR count). The number of benzene rings is 1. The van der Waals surface area contributed by atoms with Crippen LogP contribution in [0.1, 0.15) is 40.7 Å². The van der Waals surface area contributed by atoms with Crippen LogP contribution in [0.5, 0.6) is 5.75 Å². The van der Waals surface area contributed by atoms with E-state index in [-0.39, 0.29) is 68.8 Å². The molecule has 0 aromatic heterocycles. The fourth-order valence-corrected chi connectivity index (χ4v) is 2.11. The van der Waals surface area contributed by atoms with Crippen LogP contribution in [0.2, 0.25) is 0 Å². The van der Waals surface area contributed by atoms with Gasteiger partial charge in [0.1, 0.15) is 0 Å². The van der Waals surface area contributed by atoms with Gasteiger partial charge in [-0.15, -0.1) is 0 Å². The predicted octanol–water partition coefficient (Wildman–Crippen LogP) is -1.24. The van der Waals surface area contributed by atoms with E-state index >= 15 is 0 Å². The first kappa shape index (κ1) is 12.4. The number of hydrogen-bond acceptors (Lipinski definition) is 2. The summed E-state index contributed by atoms with van der Waals surface area (Å²) in [6.07, 6.45) is 0.495. The van der Waals surface area contributed by atoms with Crippen LogP contribution in [0.25, 0.3) is 0 Å². The number of fused-ring (bicyclic) bond motifs is 1. The zero-order valence-corrected chi connectivity index (χ0v) is 11.9. The molecule has 0 heterocycles. The SMILES string of the molecule is Cc1ccc([O-])c2c1C(C)CC2=O.[K+]. The first-order valence-corrected chi connectivity index (χ1v) is 4.45. The normalized spacial score (nSPS) is 19.0. The number of hydrogen-bond donors (Lipinski definition) is 0. The molecule has 0 amide bonds. The van der Waals surface area contributed by atoms with Gasteiger partial charge < -0.3 is 5.11 Å². The summed E-state index contributed by atoms with van der Waals surface area (Å²) in [7, 11) is 0. The molecule has 1 aromatic rings. The Bertz CT molecular complexity index is 385. The van der Waals surface area contributed by atoms with E-state index in [1.54, 1.807) is 6.07 Å². The minimum absolute atomic E-state index is 0. The van der Waals surface area contributed by atoms with Crippen molar-refractivity contribution in [2.24, 2.45) is 0 Å². The summed E-state index contributed by atoms with van der Waals surface area (Å²) in [4.78, 5) is 11.4. The van der Waals surface area contributed by atoms with Crippen molar-refractivity contribution in [1.29, 1.82) is 0 Å². The standard InChI is InChI=1S/C11H12O2.K/c1-6-3-4-8(12)11-9(13)5-7(2)10(6)11;/h3-4,7,12H,5H2,1-2H3;/q;+1/p-1. The molecule has 0 N–H and O–H groups in total. The van der Waals surface area contributed by atoms with Gasteiger partial charge >= 0.3 is 51.4 Å². The summed E-state index contributed by atoms with van der Waals surface area (Å²) in [5, 5.41) is 11.4. The van der Waals surface area contributed by atoms with Crippen LogP contribution >= 0.6 is 0 Å². The molecule has 1 atom stereocenters. The van der Waals surface area contributed by atoms with Crippen molar-refractivity contribution in [3.05, 3.63) is 28.8 Å². The summed E-state index contributed by atoms with van der Waals surface area (Å²) in [5.74, 6) is 0.113. The second kappa shape index (κ2) is 4.45. The molecule has 0 radical (unpaired) electrons. The van der Waals surface area contributed by atoms with Crippen molar-refractivity contribution in [2.75, 3.05) is 0 Å². The Kier molecular flexibility index (Phi) is 3.94. The topological polar surface area (TPSA) is 40.1 Å². The van der Waals surface area contributed by atoms with E-state index < -0.39 is 0 Å². The fraction of sp³-hybridized carbons (Fsp3) is 0.364. The van der Waals surface area contributed by atoms with Gasteiger partial charge in [0.05, 0.1) is 0 Å². The van der Waals surface area contributed by atoms with Crippen LogP contribution in [-0.2, 0) is 0 Å². The van der Waals surface area contributed by atoms with Gasteiger partial charge in [0.15, 0.2) is 5.78 Å². The van der Waals surface area contributed by atoms with Gasteiger partial charge in [-0.25, -0.2) is 0 Å². The average Bonchev–Trinajstić information content (AvgIpc) is 2.36. The zero-order chi connectivity index (χ0) is 9.59. The van der Waals surface area contributed by atoms with Gasteiger partial charge in [0, 0.05) is 12.0 Å². The van der Waals surface area contributed by atoms with Gasteiger partial charge in [0.25, 0.3) is 0 Å². The first-order valence-electron chi connectivity index (χ1n) is 4.45. The Morgan fingerprint density at radius 1 is 1.43 bits per heavy atom. The minimum atomic E-state index is -0.116. The summed E-state index contributed by atoms with van der Waals surface area (Å²) >= 11 is 0. The van der Waals surface area contributed by atoms with E-state index in [0.29, 0.717) is 12.0 Å². The molecule has 2 nitrogen and oxygen atoms in total. The molecule has 1 aliphatic carbocycles. The fourth-order valence-electron chi connectivity index (χ4n) is 2.11. The molecule has 68 valence electrons. The third-order valence-electron chi connectivity index (χ3n) is 2.69. The molecular weight excluding hydrogens is 203 g/mol. The van der Waals surface area contributed by atoms with Crippen LogP contribution in [0.15, 0.2) is 12.1 Å². The first-order chi connectivity index (χ1) is 6.11. The third-order valence-corrected chi connectivity index (χ3v) is 2.69. The predicted molar refractivity (Wildman–Crippen MR) is 48.0 cm³/mol. The van der Waals surface area contributed by atoms with E-state index in [0.717, 1.165) is 11.1 Å². The number of carbonyl (C=O) groups excluding carboxylic acids is 1. The Hall–Kier alpha value is 0.326. The third kappa shape index (κ3) is 1.84. The summed E-state index contributed by atoms with van der Waals surface area (Å²) in [5.41, 5.74) is 2.47. The van der Waals surface area contributed by atoms with E-state index in [1.165, 1.54) is 6.07 Å². The van der Waals surface area contributed by atoms with Crippen molar-refractivity contribution >= 4 is 5.78 Å². The molecule has 0 saturated heterocycles. The molecule has 14 heavy (non-hydrogen) atoms. The molecule has 3 heteroatoms. The largest absolute Gasteiger partial charge is 1.00 e. The quantitative estimate of drug-likeness (QED) is 0.507. The van der Waals surface area contributed by atoms with Gasteiger partial charge in [-0.05, 0) is 24.0 Å². The zero-order valence-electron chi connectivity index (χ0n) is 8.76. The number of Topliss-reactive ketones (excluding diaryl/α,β-unsaturated/α-hetero) is 1. The van der Waals surface area contributed by atoms with Gasteiger partial charge in [-0.1, -0.05) is 24.8 Å². The number of ketones is 1. The maximum absolute atomic E-state index is 11.4. The smallest absolute Gasteiger partial charge is 0.872 e. The monoisotopic (exact) mass is 214 g/mol. The number of aryl methyl sites for hydroxylation is 1. The molecule has 0 bridgehead atoms. The Morgan fingerprint density at radius 2 is 2.07 bits per heavy atom. The molecule has 0 aliphatic heterocycles. The summed E-state index contributed by atoms with van der Waals surface area (Å²) in [6.45, 7) is 3.95. The molecule has 1 aliphatic rings. The second-order valence-corrected chi connectivity index (χ2v) is 3.70. The molecule has 1 unspecified atom stereocenters. The van der Waals surface area contributed by atoms with Gasteiger partial charge in [0.2, 0.25) is 0 Å². The molecule has 0 spiro atoms. The second-order valence-electron chi connectivity index (χ2n) is 3.70. The summed E-state index contributed by atoms with van der Waals surface area (Å²) in [6, 6.07) is 3.29. The van der Waals surface area contributed by atoms with Crippen molar-refractivity contribution in [3.8, 4) is 5.75 Å². The van der Waals surface area contributed by atoms with Crippen LogP contribution < -0.4 is 56.5 Å². The maximum Gasteiger partial charge on any atom is 1.00 e. The number of rotatable bonds is 0. The van der Waals surface area contributed by atoms with Crippen LogP contribution in [0.3, 0.4) is 0 Å². The molecule has 0 fully saturated rings. The maximum atomic E-state index is 11.4. The Morgan fingerprint density at radius 3 is 2.64 bits per heavy atom. The van der Waals surface area contributed by atoms with E-state index in [9.17, 15) is 9.90 Å². The number of carbonyl (C=O) groups is 1. The van der Waals surface area contributed by atoms with Crippen LogP contribution in [0, 0.1) is 6.92 Å². The Labute approximate surface area is 126 Å². The van der Waals surface area contributed by atoms with Crippen molar-refractivity contribution < 1.29 is 61.3 Å². The van der Waals surface area contributed by atoms with Crippen molar-refractivity contribution in [2.45, 2.75) is 26.2 Å². The average molecular weight is 214 g/mol. The van der Waals surface area contributed by atoms with Crippen LogP contribution in [-0.4, -0.2) is 5.78 Å². The molecule has 1 aromatic carbocycles. The van der Waals surface area contributed by atoms with E-state index in [1.807, 2.05) is 13.8 Å². The minimum Gasteiger partial charge on any atom is -0.872 e. The van der Waals surface area contributed by atoms with Crippen LogP contribution in [0.4, 0.5) is 0 Å².